The second-order valence-electron chi connectivity index (χ2n) is 4.45. The summed E-state index contributed by atoms with van der Waals surface area (Å²) in [5, 5.41) is 14.1. The van der Waals surface area contributed by atoms with Crippen LogP contribution in [0.1, 0.15) is 11.3 Å². The van der Waals surface area contributed by atoms with Crippen molar-refractivity contribution in [2.45, 2.75) is 6.18 Å². The van der Waals surface area contributed by atoms with E-state index < -0.39 is 11.7 Å². The van der Waals surface area contributed by atoms with Crippen LogP contribution in [-0.4, -0.2) is 26.5 Å². The smallest absolute Gasteiger partial charge is 0.416 e. The summed E-state index contributed by atoms with van der Waals surface area (Å²) < 4.78 is 43.6. The highest BCUT2D eigenvalue weighted by molar-refractivity contribution is 5.77. The number of tetrazole rings is 1. The molecule has 0 aliphatic carbocycles. The predicted octanol–water partition coefficient (Wildman–Crippen LogP) is 2.42. The van der Waals surface area contributed by atoms with Gasteiger partial charge in [-0.05, 0) is 34.7 Å². The molecule has 0 bridgehead atoms. The highest BCUT2D eigenvalue weighted by Gasteiger charge is 2.30. The minimum absolute atomic E-state index is 0.00842. The van der Waals surface area contributed by atoms with Crippen LogP contribution < -0.4 is 5.73 Å². The average molecular weight is 322 g/mol. The number of rotatable bonds is 3. The van der Waals surface area contributed by atoms with Crippen LogP contribution in [0.15, 0.2) is 45.9 Å². The minimum Gasteiger partial charge on any atom is -0.455 e. The Hall–Kier alpha value is -3.17. The van der Waals surface area contributed by atoms with Gasteiger partial charge in [-0.15, -0.1) is 0 Å². The minimum atomic E-state index is -4.41. The summed E-state index contributed by atoms with van der Waals surface area (Å²) in [4.78, 5) is 0.979. The maximum absolute atomic E-state index is 12.7. The summed E-state index contributed by atoms with van der Waals surface area (Å²) in [5.74, 6) is 0.584. The summed E-state index contributed by atoms with van der Waals surface area (Å²) >= 11 is 0. The third-order valence-corrected chi connectivity index (χ3v) is 2.87. The average Bonchev–Trinajstić information content (AvgIpc) is 3.13. The molecule has 3 rings (SSSR count). The van der Waals surface area contributed by atoms with Crippen LogP contribution in [0, 0.1) is 0 Å². The lowest BCUT2D eigenvalue weighted by Crippen LogP contribution is -2.04. The van der Waals surface area contributed by atoms with Crippen LogP contribution >= 0.6 is 0 Å². The Morgan fingerprint density at radius 1 is 1.22 bits per heavy atom. The molecule has 7 nitrogen and oxygen atoms in total. The van der Waals surface area contributed by atoms with Crippen molar-refractivity contribution in [1.82, 2.24) is 20.3 Å². The first-order chi connectivity index (χ1) is 10.9. The van der Waals surface area contributed by atoms with Crippen LogP contribution in [0.5, 0.6) is 0 Å². The predicted molar refractivity (Wildman–Crippen MR) is 74.4 cm³/mol. The lowest BCUT2D eigenvalue weighted by molar-refractivity contribution is -0.137. The van der Waals surface area contributed by atoms with E-state index >= 15 is 0 Å². The van der Waals surface area contributed by atoms with Crippen LogP contribution in [0.25, 0.3) is 11.3 Å². The number of hydrogen-bond acceptors (Lipinski definition) is 6. The third-order valence-electron chi connectivity index (χ3n) is 2.87. The van der Waals surface area contributed by atoms with Gasteiger partial charge < -0.3 is 10.2 Å². The number of nitrogens with two attached hydrogens (primary N) is 1. The quantitative estimate of drug-likeness (QED) is 0.747. The first-order valence-electron chi connectivity index (χ1n) is 6.29. The second-order valence-corrected chi connectivity index (χ2v) is 4.45. The van der Waals surface area contributed by atoms with Crippen molar-refractivity contribution in [2.24, 2.45) is 5.10 Å². The fraction of sp³-hybridized carbons (Fsp3) is 0.0769. The molecule has 0 saturated carbocycles. The Labute approximate surface area is 127 Å². The van der Waals surface area contributed by atoms with Crippen molar-refractivity contribution in [3.8, 4) is 11.3 Å². The van der Waals surface area contributed by atoms with Crippen LogP contribution in [0.3, 0.4) is 0 Å². The number of halogens is 3. The molecule has 0 spiro atoms. The molecule has 10 heteroatoms. The standard InChI is InChI=1S/C13H9F3N6O/c14-13(15,16)9-3-1-2-8(6-9)11-5-4-10(23-11)7-18-22-12(17)19-20-21-22/h1-7H,(H2,17,19,21)/b18-7-. The van der Waals surface area contributed by atoms with Crippen molar-refractivity contribution in [1.29, 1.82) is 0 Å². The summed E-state index contributed by atoms with van der Waals surface area (Å²) in [7, 11) is 0. The molecular formula is C13H9F3N6O. The van der Waals surface area contributed by atoms with Crippen LogP contribution in [0.2, 0.25) is 0 Å². The maximum Gasteiger partial charge on any atom is 0.416 e. The fourth-order valence-electron chi connectivity index (χ4n) is 1.81. The third kappa shape index (κ3) is 3.20. The highest BCUT2D eigenvalue weighted by Crippen LogP contribution is 2.32. The van der Waals surface area contributed by atoms with Crippen molar-refractivity contribution in [2.75, 3.05) is 5.73 Å². The van der Waals surface area contributed by atoms with Crippen molar-refractivity contribution in [3.05, 3.63) is 47.7 Å². The normalized spacial score (nSPS) is 12.1. The zero-order valence-corrected chi connectivity index (χ0v) is 11.4. The molecule has 0 aliphatic heterocycles. The van der Waals surface area contributed by atoms with E-state index in [2.05, 4.69) is 20.6 Å². The number of nitrogen functional groups attached to an aromatic ring is 1. The Morgan fingerprint density at radius 2 is 2.04 bits per heavy atom. The number of alkyl halides is 3. The monoisotopic (exact) mass is 322 g/mol. The number of hydrogen-bond donors (Lipinski definition) is 1. The molecular weight excluding hydrogens is 313 g/mol. The molecule has 1 aromatic carbocycles. The molecule has 0 atom stereocenters. The molecule has 2 aromatic heterocycles. The van der Waals surface area contributed by atoms with Gasteiger partial charge in [-0.1, -0.05) is 22.0 Å². The van der Waals surface area contributed by atoms with Gasteiger partial charge in [-0.25, -0.2) is 0 Å². The molecule has 0 amide bonds. The Bertz CT molecular complexity index is 851. The molecule has 2 heterocycles. The molecule has 0 radical (unpaired) electrons. The van der Waals surface area contributed by atoms with Crippen molar-refractivity contribution in [3.63, 3.8) is 0 Å². The van der Waals surface area contributed by atoms with Crippen LogP contribution in [0.4, 0.5) is 19.1 Å². The SMILES string of the molecule is Nc1nnnn1/N=C\c1ccc(-c2cccc(C(F)(F)F)c2)o1. The van der Waals surface area contributed by atoms with E-state index in [1.54, 1.807) is 12.1 Å². The van der Waals surface area contributed by atoms with E-state index in [1.165, 1.54) is 18.3 Å². The molecule has 3 aromatic rings. The number of anilines is 1. The number of nitrogens with zero attached hydrogens (tertiary/aromatic N) is 5. The Morgan fingerprint density at radius 3 is 2.74 bits per heavy atom. The summed E-state index contributed by atoms with van der Waals surface area (Å²) in [6.07, 6.45) is -3.12. The van der Waals surface area contributed by atoms with Gasteiger partial charge in [-0.3, -0.25) is 0 Å². The van der Waals surface area contributed by atoms with Gasteiger partial charge in [0.05, 0.1) is 11.8 Å². The number of benzene rings is 1. The van der Waals surface area contributed by atoms with E-state index in [4.69, 9.17) is 10.2 Å². The van der Waals surface area contributed by atoms with Gasteiger partial charge >= 0.3 is 6.18 Å². The molecule has 0 fully saturated rings. The molecule has 23 heavy (non-hydrogen) atoms. The fourth-order valence-corrected chi connectivity index (χ4v) is 1.81. The molecule has 0 aliphatic rings. The van der Waals surface area contributed by atoms with Gasteiger partial charge in [0.25, 0.3) is 5.95 Å². The number of furan rings is 1. The molecule has 0 saturated heterocycles. The molecule has 0 unspecified atom stereocenters. The van der Waals surface area contributed by atoms with E-state index in [-0.39, 0.29) is 11.7 Å². The lowest BCUT2D eigenvalue weighted by atomic mass is 10.1. The van der Waals surface area contributed by atoms with Gasteiger partial charge in [0.2, 0.25) is 0 Å². The van der Waals surface area contributed by atoms with Gasteiger partial charge in [0, 0.05) is 5.56 Å². The largest absolute Gasteiger partial charge is 0.455 e. The first-order valence-corrected chi connectivity index (χ1v) is 6.29. The first kappa shape index (κ1) is 14.8. The van der Waals surface area contributed by atoms with Crippen molar-refractivity contribution >= 4 is 12.2 Å². The van der Waals surface area contributed by atoms with Gasteiger partial charge in [0.15, 0.2) is 0 Å². The van der Waals surface area contributed by atoms with E-state index in [0.717, 1.165) is 16.9 Å². The lowest BCUT2D eigenvalue weighted by Gasteiger charge is -2.07. The van der Waals surface area contributed by atoms with Gasteiger partial charge in [0.1, 0.15) is 11.5 Å². The van der Waals surface area contributed by atoms with E-state index in [9.17, 15) is 13.2 Å². The van der Waals surface area contributed by atoms with Crippen LogP contribution in [-0.2, 0) is 6.18 Å². The zero-order valence-electron chi connectivity index (χ0n) is 11.4. The topological polar surface area (TPSA) is 95.1 Å². The van der Waals surface area contributed by atoms with Crippen molar-refractivity contribution < 1.29 is 17.6 Å². The second kappa shape index (κ2) is 5.55. The zero-order chi connectivity index (χ0) is 16.4. The molecule has 2 N–H and O–H groups in total. The molecule has 118 valence electrons. The van der Waals surface area contributed by atoms with Gasteiger partial charge in [-0.2, -0.15) is 18.3 Å². The number of aromatic nitrogens is 4. The Balaban J connectivity index is 1.85. The summed E-state index contributed by atoms with van der Waals surface area (Å²) in [6.45, 7) is 0. The summed E-state index contributed by atoms with van der Waals surface area (Å²) in [6, 6.07) is 7.94. The summed E-state index contributed by atoms with van der Waals surface area (Å²) in [5.41, 5.74) is 4.99. The highest BCUT2D eigenvalue weighted by atomic mass is 19.4. The van der Waals surface area contributed by atoms with E-state index in [1.807, 2.05) is 0 Å². The van der Waals surface area contributed by atoms with E-state index in [0.29, 0.717) is 11.3 Å². The Kier molecular flexibility index (Phi) is 3.56. The maximum atomic E-state index is 12.7.